The summed E-state index contributed by atoms with van der Waals surface area (Å²) in [4.78, 5) is 20.0. The molecule has 0 unspecified atom stereocenters. The highest BCUT2D eigenvalue weighted by Crippen LogP contribution is 2.37. The molecule has 23 heavy (non-hydrogen) atoms. The van der Waals surface area contributed by atoms with Crippen molar-refractivity contribution in [2.45, 2.75) is 0 Å². The number of fused-ring (bicyclic) bond motifs is 1. The molecule has 0 bridgehead atoms. The van der Waals surface area contributed by atoms with Crippen LogP contribution < -0.4 is 0 Å². The molecule has 3 aromatic rings. The molecule has 0 spiro atoms. The van der Waals surface area contributed by atoms with Gasteiger partial charge in [-0.25, -0.2) is 14.3 Å². The van der Waals surface area contributed by atoms with Crippen LogP contribution in [0.1, 0.15) is 10.4 Å². The number of ether oxygens (including phenoxy) is 1. The molecule has 0 aliphatic carbocycles. The minimum absolute atomic E-state index is 0.0184. The van der Waals surface area contributed by atoms with Gasteiger partial charge in [0.2, 0.25) is 0 Å². The molecule has 0 N–H and O–H groups in total. The molecular weight excluding hydrogens is 386 g/mol. The summed E-state index contributed by atoms with van der Waals surface area (Å²) >= 11 is 24.5. The number of hydrogen-bond donors (Lipinski definition) is 0. The summed E-state index contributed by atoms with van der Waals surface area (Å²) in [6.07, 6.45) is 2.69. The van der Waals surface area contributed by atoms with Crippen LogP contribution in [-0.4, -0.2) is 32.7 Å². The van der Waals surface area contributed by atoms with Crippen LogP contribution in [0.25, 0.3) is 16.9 Å². The molecule has 0 saturated carbocycles. The van der Waals surface area contributed by atoms with Gasteiger partial charge in [-0.05, 0) is 6.07 Å². The van der Waals surface area contributed by atoms with E-state index in [1.54, 1.807) is 0 Å². The van der Waals surface area contributed by atoms with E-state index in [-0.39, 0.29) is 32.1 Å². The maximum atomic E-state index is 11.7. The lowest BCUT2D eigenvalue weighted by Crippen LogP contribution is -2.04. The number of carbonyl (C=O) groups is 1. The van der Waals surface area contributed by atoms with Crippen molar-refractivity contribution in [3.05, 3.63) is 44.4 Å². The van der Waals surface area contributed by atoms with Gasteiger partial charge in [-0.2, -0.15) is 5.10 Å². The molecule has 6 nitrogen and oxygen atoms in total. The Balaban J connectivity index is 2.30. The summed E-state index contributed by atoms with van der Waals surface area (Å²) in [5.74, 6) is -0.602. The highest BCUT2D eigenvalue weighted by atomic mass is 35.5. The SMILES string of the molecule is COC(=O)c1cnn2c(Cl)c(-c3ncc(Cl)cc3Cl)c(Cl)nc12. The van der Waals surface area contributed by atoms with Crippen molar-refractivity contribution >= 4 is 58.0 Å². The first-order chi connectivity index (χ1) is 10.9. The molecule has 3 rings (SSSR count). The second kappa shape index (κ2) is 6.13. The van der Waals surface area contributed by atoms with Gasteiger partial charge in [0.1, 0.15) is 15.9 Å². The second-order valence-electron chi connectivity index (χ2n) is 4.34. The smallest absolute Gasteiger partial charge is 0.343 e. The minimum Gasteiger partial charge on any atom is -0.465 e. The zero-order valence-corrected chi connectivity index (χ0v) is 14.4. The van der Waals surface area contributed by atoms with Crippen LogP contribution >= 0.6 is 46.4 Å². The van der Waals surface area contributed by atoms with Crippen LogP contribution in [-0.2, 0) is 4.74 Å². The third kappa shape index (κ3) is 2.72. The molecule has 118 valence electrons. The normalized spacial score (nSPS) is 11.0. The fraction of sp³-hybridized carbons (Fsp3) is 0.0769. The summed E-state index contributed by atoms with van der Waals surface area (Å²) in [5.41, 5.74) is 0.885. The maximum absolute atomic E-state index is 11.7. The number of halogens is 4. The molecular formula is C13H6Cl4N4O2. The average molecular weight is 392 g/mol. The quantitative estimate of drug-likeness (QED) is 0.483. The number of hydrogen-bond acceptors (Lipinski definition) is 5. The summed E-state index contributed by atoms with van der Waals surface area (Å²) in [5, 5.41) is 4.77. The van der Waals surface area contributed by atoms with E-state index in [2.05, 4.69) is 19.8 Å². The molecule has 0 saturated heterocycles. The lowest BCUT2D eigenvalue weighted by molar-refractivity contribution is 0.0602. The lowest BCUT2D eigenvalue weighted by Gasteiger charge is -2.09. The molecule has 0 radical (unpaired) electrons. The first kappa shape index (κ1) is 16.3. The summed E-state index contributed by atoms with van der Waals surface area (Å²) < 4.78 is 5.91. The van der Waals surface area contributed by atoms with Crippen molar-refractivity contribution in [1.29, 1.82) is 0 Å². The number of methoxy groups -OCH3 is 1. The van der Waals surface area contributed by atoms with Gasteiger partial charge < -0.3 is 4.74 Å². The molecule has 0 amide bonds. The Kier molecular flexibility index (Phi) is 4.33. The van der Waals surface area contributed by atoms with Crippen LogP contribution in [0, 0.1) is 0 Å². The van der Waals surface area contributed by atoms with Gasteiger partial charge in [0, 0.05) is 6.20 Å². The Hall–Kier alpha value is -1.60. The maximum Gasteiger partial charge on any atom is 0.343 e. The van der Waals surface area contributed by atoms with E-state index in [1.807, 2.05) is 0 Å². The number of esters is 1. The van der Waals surface area contributed by atoms with Gasteiger partial charge in [-0.3, -0.25) is 4.98 Å². The third-order valence-corrected chi connectivity index (χ3v) is 4.11. The van der Waals surface area contributed by atoms with Crippen molar-refractivity contribution < 1.29 is 9.53 Å². The van der Waals surface area contributed by atoms with E-state index < -0.39 is 5.97 Å². The lowest BCUT2D eigenvalue weighted by atomic mass is 10.2. The summed E-state index contributed by atoms with van der Waals surface area (Å²) in [7, 11) is 1.25. The molecule has 0 aliphatic rings. The third-order valence-electron chi connectivity index (χ3n) is 3.00. The number of carbonyl (C=O) groups excluding carboxylic acids is 1. The van der Waals surface area contributed by atoms with Crippen molar-refractivity contribution in [3.63, 3.8) is 0 Å². The van der Waals surface area contributed by atoms with Crippen LogP contribution in [0.15, 0.2) is 18.5 Å². The van der Waals surface area contributed by atoms with Gasteiger partial charge >= 0.3 is 5.97 Å². The van der Waals surface area contributed by atoms with Crippen LogP contribution in [0.2, 0.25) is 20.4 Å². The average Bonchev–Trinajstić information content (AvgIpc) is 2.92. The van der Waals surface area contributed by atoms with Crippen molar-refractivity contribution in [3.8, 4) is 11.3 Å². The molecule has 10 heteroatoms. The number of nitrogens with zero attached hydrogens (tertiary/aromatic N) is 4. The molecule has 3 heterocycles. The van der Waals surface area contributed by atoms with Crippen molar-refractivity contribution in [1.82, 2.24) is 19.6 Å². The van der Waals surface area contributed by atoms with Gasteiger partial charge in [-0.1, -0.05) is 46.4 Å². The van der Waals surface area contributed by atoms with E-state index in [1.165, 1.54) is 30.1 Å². The van der Waals surface area contributed by atoms with Crippen LogP contribution in [0.4, 0.5) is 0 Å². The highest BCUT2D eigenvalue weighted by Gasteiger charge is 2.23. The standard InChI is InChI=1S/C13H6Cl4N4O2/c1-23-13(22)6-4-19-21-11(17)8(10(16)20-12(6)21)9-7(15)2-5(14)3-18-9/h2-4H,1H3. The number of pyridine rings is 1. The van der Waals surface area contributed by atoms with Gasteiger partial charge in [0.25, 0.3) is 0 Å². The Morgan fingerprint density at radius 1 is 1.22 bits per heavy atom. The predicted octanol–water partition coefficient (Wildman–Crippen LogP) is 4.19. The van der Waals surface area contributed by atoms with E-state index in [0.29, 0.717) is 10.7 Å². The monoisotopic (exact) mass is 390 g/mol. The molecule has 0 fully saturated rings. The zero-order valence-electron chi connectivity index (χ0n) is 11.3. The van der Waals surface area contributed by atoms with Crippen molar-refractivity contribution in [2.75, 3.05) is 7.11 Å². The van der Waals surface area contributed by atoms with E-state index >= 15 is 0 Å². The Labute approximate surface area is 149 Å². The van der Waals surface area contributed by atoms with Gasteiger partial charge in [0.05, 0.1) is 34.6 Å². The Morgan fingerprint density at radius 3 is 2.61 bits per heavy atom. The van der Waals surface area contributed by atoms with Gasteiger partial charge in [0.15, 0.2) is 5.65 Å². The Bertz CT molecular complexity index is 941. The van der Waals surface area contributed by atoms with E-state index in [0.717, 1.165) is 0 Å². The first-order valence-corrected chi connectivity index (χ1v) is 7.57. The Morgan fingerprint density at radius 2 is 1.96 bits per heavy atom. The number of rotatable bonds is 2. The van der Waals surface area contributed by atoms with Gasteiger partial charge in [-0.15, -0.1) is 0 Å². The largest absolute Gasteiger partial charge is 0.465 e. The number of aromatic nitrogens is 4. The second-order valence-corrected chi connectivity index (χ2v) is 5.90. The van der Waals surface area contributed by atoms with E-state index in [9.17, 15) is 4.79 Å². The van der Waals surface area contributed by atoms with Crippen LogP contribution in [0.3, 0.4) is 0 Å². The van der Waals surface area contributed by atoms with Crippen LogP contribution in [0.5, 0.6) is 0 Å². The minimum atomic E-state index is -0.602. The fourth-order valence-electron chi connectivity index (χ4n) is 1.98. The molecule has 0 atom stereocenters. The first-order valence-electron chi connectivity index (χ1n) is 6.06. The summed E-state index contributed by atoms with van der Waals surface area (Å²) in [6, 6.07) is 1.51. The molecule has 3 aromatic heterocycles. The predicted molar refractivity (Wildman–Crippen MR) is 87.6 cm³/mol. The topological polar surface area (TPSA) is 69.4 Å². The van der Waals surface area contributed by atoms with E-state index in [4.69, 9.17) is 46.4 Å². The van der Waals surface area contributed by atoms with Crippen molar-refractivity contribution in [2.24, 2.45) is 0 Å². The molecule has 0 aromatic carbocycles. The fourth-order valence-corrected chi connectivity index (χ4v) is 3.07. The molecule has 0 aliphatic heterocycles. The summed E-state index contributed by atoms with van der Waals surface area (Å²) in [6.45, 7) is 0. The highest BCUT2D eigenvalue weighted by molar-refractivity contribution is 6.40. The zero-order chi connectivity index (χ0) is 16.7.